The minimum Gasteiger partial charge on any atom is -0.393 e. The number of nitrogens with zero attached hydrogens (tertiary/aromatic N) is 3. The zero-order chi connectivity index (χ0) is 17.6. The van der Waals surface area contributed by atoms with Gasteiger partial charge in [-0.15, -0.1) is 0 Å². The first kappa shape index (κ1) is 16.2. The van der Waals surface area contributed by atoms with Gasteiger partial charge in [-0.1, -0.05) is 0 Å². The zero-order valence-corrected chi connectivity index (χ0v) is 13.5. The van der Waals surface area contributed by atoms with E-state index in [0.29, 0.717) is 23.0 Å². The minimum absolute atomic E-state index is 0.118. The maximum absolute atomic E-state index is 11.1. The third-order valence-corrected chi connectivity index (χ3v) is 3.29. The van der Waals surface area contributed by atoms with Gasteiger partial charge in [-0.25, -0.2) is 9.97 Å². The molecule has 0 bridgehead atoms. The summed E-state index contributed by atoms with van der Waals surface area (Å²) in [4.78, 5) is 23.4. The molecule has 8 heteroatoms. The number of aromatic nitrogens is 3. The minimum atomic E-state index is -0.118. The van der Waals surface area contributed by atoms with Crippen LogP contribution in [0.1, 0.15) is 6.92 Å². The molecule has 0 spiro atoms. The molecule has 3 rings (SSSR count). The molecule has 0 aliphatic carbocycles. The summed E-state index contributed by atoms with van der Waals surface area (Å²) in [5.41, 5.74) is 8.87. The molecule has 0 aliphatic heterocycles. The van der Waals surface area contributed by atoms with Crippen LogP contribution in [0.25, 0.3) is 0 Å². The van der Waals surface area contributed by atoms with E-state index in [-0.39, 0.29) is 5.91 Å². The number of pyridine rings is 1. The molecule has 3 aromatic rings. The van der Waals surface area contributed by atoms with Crippen LogP contribution in [-0.2, 0) is 4.79 Å². The highest BCUT2D eigenvalue weighted by Crippen LogP contribution is 2.28. The summed E-state index contributed by atoms with van der Waals surface area (Å²) >= 11 is 0. The summed E-state index contributed by atoms with van der Waals surface area (Å²) in [6.07, 6.45) is 4.78. The summed E-state index contributed by atoms with van der Waals surface area (Å²) < 4.78 is 0. The van der Waals surface area contributed by atoms with Gasteiger partial charge in [0.25, 0.3) is 0 Å². The molecule has 0 unspecified atom stereocenters. The lowest BCUT2D eigenvalue weighted by Crippen LogP contribution is -2.06. The van der Waals surface area contributed by atoms with Crippen LogP contribution in [0.3, 0.4) is 0 Å². The Kier molecular flexibility index (Phi) is 4.70. The average Bonchev–Trinajstić information content (AvgIpc) is 2.60. The van der Waals surface area contributed by atoms with E-state index in [1.54, 1.807) is 24.5 Å². The second-order valence-corrected chi connectivity index (χ2v) is 5.23. The van der Waals surface area contributed by atoms with Crippen LogP contribution in [0.5, 0.6) is 0 Å². The molecule has 2 aromatic heterocycles. The van der Waals surface area contributed by atoms with E-state index in [1.807, 2.05) is 24.3 Å². The number of anilines is 6. The highest BCUT2D eigenvalue weighted by molar-refractivity contribution is 5.89. The van der Waals surface area contributed by atoms with Crippen molar-refractivity contribution in [3.63, 3.8) is 0 Å². The maximum Gasteiger partial charge on any atom is 0.221 e. The van der Waals surface area contributed by atoms with Crippen LogP contribution in [0.4, 0.5) is 34.4 Å². The van der Waals surface area contributed by atoms with E-state index in [4.69, 9.17) is 5.73 Å². The number of carbonyl (C=O) groups is 1. The maximum atomic E-state index is 11.1. The molecule has 1 aromatic carbocycles. The van der Waals surface area contributed by atoms with Gasteiger partial charge in [-0.05, 0) is 36.4 Å². The normalized spacial score (nSPS) is 10.1. The topological polar surface area (TPSA) is 118 Å². The molecule has 25 heavy (non-hydrogen) atoms. The first-order valence-electron chi connectivity index (χ1n) is 7.54. The molecule has 5 N–H and O–H groups in total. The average molecular weight is 335 g/mol. The Morgan fingerprint density at radius 2 is 1.40 bits per heavy atom. The Morgan fingerprint density at radius 1 is 0.880 bits per heavy atom. The molecular formula is C17H17N7O. The van der Waals surface area contributed by atoms with Crippen LogP contribution >= 0.6 is 0 Å². The predicted octanol–water partition coefficient (Wildman–Crippen LogP) is 2.90. The summed E-state index contributed by atoms with van der Waals surface area (Å²) in [7, 11) is 0. The van der Waals surface area contributed by atoms with Gasteiger partial charge >= 0.3 is 0 Å². The zero-order valence-electron chi connectivity index (χ0n) is 13.5. The molecule has 8 nitrogen and oxygen atoms in total. The van der Waals surface area contributed by atoms with E-state index < -0.39 is 0 Å². The number of nitrogen functional groups attached to an aromatic ring is 1. The Morgan fingerprint density at radius 3 is 1.96 bits per heavy atom. The number of benzene rings is 1. The van der Waals surface area contributed by atoms with E-state index in [1.165, 1.54) is 13.3 Å². The molecular weight excluding hydrogens is 318 g/mol. The van der Waals surface area contributed by atoms with Crippen molar-refractivity contribution in [2.45, 2.75) is 6.92 Å². The summed E-state index contributed by atoms with van der Waals surface area (Å²) in [5, 5.41) is 8.97. The fourth-order valence-electron chi connectivity index (χ4n) is 2.14. The van der Waals surface area contributed by atoms with Gasteiger partial charge < -0.3 is 21.7 Å². The number of nitrogens with two attached hydrogens (primary N) is 1. The second-order valence-electron chi connectivity index (χ2n) is 5.23. The van der Waals surface area contributed by atoms with Crippen LogP contribution in [-0.4, -0.2) is 20.9 Å². The lowest BCUT2D eigenvalue weighted by molar-refractivity contribution is -0.114. The van der Waals surface area contributed by atoms with Gasteiger partial charge in [-0.3, -0.25) is 9.78 Å². The fraction of sp³-hybridized carbons (Fsp3) is 0.0588. The van der Waals surface area contributed by atoms with Crippen molar-refractivity contribution in [3.8, 4) is 0 Å². The highest BCUT2D eigenvalue weighted by atomic mass is 16.1. The van der Waals surface area contributed by atoms with Gasteiger partial charge in [0, 0.05) is 36.4 Å². The molecule has 1 amide bonds. The highest BCUT2D eigenvalue weighted by Gasteiger charge is 2.09. The largest absolute Gasteiger partial charge is 0.393 e. The molecule has 0 saturated heterocycles. The van der Waals surface area contributed by atoms with Crippen molar-refractivity contribution < 1.29 is 4.79 Å². The van der Waals surface area contributed by atoms with Crippen LogP contribution in [0.2, 0.25) is 0 Å². The van der Waals surface area contributed by atoms with Crippen molar-refractivity contribution in [2.24, 2.45) is 0 Å². The molecule has 2 heterocycles. The summed E-state index contributed by atoms with van der Waals surface area (Å²) in [6, 6.07) is 10.9. The van der Waals surface area contributed by atoms with Crippen molar-refractivity contribution in [2.75, 3.05) is 21.7 Å². The number of carbonyl (C=O) groups excluding carboxylic acids is 1. The molecule has 0 aliphatic rings. The molecule has 0 radical (unpaired) electrons. The second kappa shape index (κ2) is 7.26. The summed E-state index contributed by atoms with van der Waals surface area (Å²) in [5.74, 6) is 0.866. The third-order valence-electron chi connectivity index (χ3n) is 3.29. The van der Waals surface area contributed by atoms with Gasteiger partial charge in [0.05, 0.1) is 0 Å². The third kappa shape index (κ3) is 4.20. The van der Waals surface area contributed by atoms with Gasteiger partial charge in [0.15, 0.2) is 11.6 Å². The number of hydrogen-bond acceptors (Lipinski definition) is 7. The Balaban J connectivity index is 1.76. The lowest BCUT2D eigenvalue weighted by Gasteiger charge is -2.13. The molecule has 0 atom stereocenters. The van der Waals surface area contributed by atoms with Gasteiger partial charge in [0.1, 0.15) is 12.0 Å². The quantitative estimate of drug-likeness (QED) is 0.566. The first-order valence-corrected chi connectivity index (χ1v) is 7.54. The predicted molar refractivity (Wildman–Crippen MR) is 98.0 cm³/mol. The van der Waals surface area contributed by atoms with Crippen molar-refractivity contribution in [1.29, 1.82) is 0 Å². The van der Waals surface area contributed by atoms with E-state index in [9.17, 15) is 4.79 Å². The molecule has 126 valence electrons. The monoisotopic (exact) mass is 335 g/mol. The Hall–Kier alpha value is -3.68. The Labute approximate surface area is 144 Å². The van der Waals surface area contributed by atoms with Gasteiger partial charge in [-0.2, -0.15) is 0 Å². The SMILES string of the molecule is CC(=O)Nc1ccc(Nc2ncnc(Nc3ccncc3)c2N)cc1. The van der Waals surface area contributed by atoms with Crippen LogP contribution in [0, 0.1) is 0 Å². The fourth-order valence-corrected chi connectivity index (χ4v) is 2.14. The lowest BCUT2D eigenvalue weighted by atomic mass is 10.2. The van der Waals surface area contributed by atoms with Gasteiger partial charge in [0.2, 0.25) is 5.91 Å². The number of rotatable bonds is 5. The van der Waals surface area contributed by atoms with E-state index in [0.717, 1.165) is 11.4 Å². The van der Waals surface area contributed by atoms with Crippen molar-refractivity contribution in [1.82, 2.24) is 15.0 Å². The number of amides is 1. The number of nitrogens with one attached hydrogen (secondary N) is 3. The smallest absolute Gasteiger partial charge is 0.221 e. The van der Waals surface area contributed by atoms with Crippen LogP contribution < -0.4 is 21.7 Å². The molecule has 0 saturated carbocycles. The van der Waals surface area contributed by atoms with E-state index in [2.05, 4.69) is 30.9 Å². The van der Waals surface area contributed by atoms with Crippen LogP contribution in [0.15, 0.2) is 55.1 Å². The first-order chi connectivity index (χ1) is 12.1. The van der Waals surface area contributed by atoms with Crippen molar-refractivity contribution >= 4 is 40.3 Å². The Bertz CT molecular complexity index is 866. The molecule has 0 fully saturated rings. The number of hydrogen-bond donors (Lipinski definition) is 4. The standard InChI is InChI=1S/C17H17N7O/c1-11(25)22-12-2-4-13(5-3-12)23-16-15(18)17(21-10-20-16)24-14-6-8-19-9-7-14/h2-10H,18H2,1H3,(H,22,25)(H2,19,20,21,23,24). The van der Waals surface area contributed by atoms with E-state index >= 15 is 0 Å². The van der Waals surface area contributed by atoms with Crippen molar-refractivity contribution in [3.05, 3.63) is 55.1 Å². The summed E-state index contributed by atoms with van der Waals surface area (Å²) in [6.45, 7) is 1.46.